The summed E-state index contributed by atoms with van der Waals surface area (Å²) in [4.78, 5) is 0. The fourth-order valence-corrected chi connectivity index (χ4v) is 2.91. The first-order valence-electron chi connectivity index (χ1n) is 7.25. The Balaban J connectivity index is 1.96. The van der Waals surface area contributed by atoms with E-state index in [1.165, 1.54) is 6.42 Å². The average molecular weight is 282 g/mol. The molecule has 0 aromatic heterocycles. The second kappa shape index (κ2) is 6.15. The third-order valence-corrected chi connectivity index (χ3v) is 4.73. The van der Waals surface area contributed by atoms with Crippen molar-refractivity contribution < 1.29 is 4.74 Å². The Morgan fingerprint density at radius 2 is 2.00 bits per heavy atom. The van der Waals surface area contributed by atoms with Gasteiger partial charge in [0.05, 0.1) is 0 Å². The molecule has 1 N–H and O–H groups in total. The minimum absolute atomic E-state index is 0.231. The molecular weight excluding hydrogens is 258 g/mol. The summed E-state index contributed by atoms with van der Waals surface area (Å²) < 4.78 is 6.12. The zero-order valence-electron chi connectivity index (χ0n) is 12.1. The van der Waals surface area contributed by atoms with E-state index in [-0.39, 0.29) is 5.41 Å². The zero-order valence-corrected chi connectivity index (χ0v) is 12.8. The topological polar surface area (TPSA) is 21.3 Å². The third-order valence-electron chi connectivity index (χ3n) is 4.48. The van der Waals surface area contributed by atoms with Crippen LogP contribution in [0.3, 0.4) is 0 Å². The number of ether oxygens (including phenoxy) is 1. The van der Waals surface area contributed by atoms with Crippen LogP contribution in [0.25, 0.3) is 0 Å². The fraction of sp³-hybridized carbons (Fsp3) is 0.625. The summed E-state index contributed by atoms with van der Waals surface area (Å²) in [6, 6.07) is 8.24. The van der Waals surface area contributed by atoms with E-state index < -0.39 is 0 Å². The Morgan fingerprint density at radius 1 is 1.32 bits per heavy atom. The van der Waals surface area contributed by atoms with E-state index in [0.717, 1.165) is 30.2 Å². The van der Waals surface area contributed by atoms with Gasteiger partial charge in [0.1, 0.15) is 11.9 Å². The van der Waals surface area contributed by atoms with Crippen molar-refractivity contribution in [1.29, 1.82) is 0 Å². The van der Waals surface area contributed by atoms with Crippen LogP contribution in [-0.2, 0) is 0 Å². The highest BCUT2D eigenvalue weighted by atomic mass is 35.5. The molecule has 0 saturated heterocycles. The van der Waals surface area contributed by atoms with Crippen LogP contribution in [0, 0.1) is 5.41 Å². The minimum atomic E-state index is 0.231. The van der Waals surface area contributed by atoms with Crippen LogP contribution in [-0.4, -0.2) is 18.7 Å². The van der Waals surface area contributed by atoms with Gasteiger partial charge in [0, 0.05) is 22.9 Å². The van der Waals surface area contributed by atoms with E-state index in [0.29, 0.717) is 12.1 Å². The van der Waals surface area contributed by atoms with Crippen LogP contribution in [0.1, 0.15) is 40.0 Å². The predicted molar refractivity (Wildman–Crippen MR) is 81.0 cm³/mol. The van der Waals surface area contributed by atoms with E-state index in [1.54, 1.807) is 0 Å². The molecular formula is C16H24ClNO. The zero-order chi connectivity index (χ0) is 13.9. The number of benzene rings is 1. The van der Waals surface area contributed by atoms with Crippen molar-refractivity contribution in [2.45, 2.75) is 52.2 Å². The highest BCUT2D eigenvalue weighted by molar-refractivity contribution is 6.30. The minimum Gasteiger partial charge on any atom is -0.490 e. The first kappa shape index (κ1) is 14.7. The molecule has 2 rings (SSSR count). The number of nitrogens with one attached hydrogen (secondary N) is 1. The lowest BCUT2D eigenvalue weighted by molar-refractivity contribution is -0.0701. The molecule has 1 aromatic carbocycles. The third kappa shape index (κ3) is 3.06. The second-order valence-corrected chi connectivity index (χ2v) is 6.10. The Hall–Kier alpha value is -0.730. The predicted octanol–water partition coefficient (Wildman–Crippen LogP) is 4.28. The lowest BCUT2D eigenvalue weighted by Gasteiger charge is -2.53. The van der Waals surface area contributed by atoms with Crippen LogP contribution in [0.15, 0.2) is 24.3 Å². The molecule has 1 aliphatic rings. The Kier molecular flexibility index (Phi) is 4.75. The van der Waals surface area contributed by atoms with Gasteiger partial charge < -0.3 is 10.1 Å². The Morgan fingerprint density at radius 3 is 2.58 bits per heavy atom. The first-order valence-corrected chi connectivity index (χ1v) is 7.63. The van der Waals surface area contributed by atoms with E-state index in [1.807, 2.05) is 24.3 Å². The summed E-state index contributed by atoms with van der Waals surface area (Å²) >= 11 is 5.89. The van der Waals surface area contributed by atoms with Crippen LogP contribution < -0.4 is 10.1 Å². The van der Waals surface area contributed by atoms with Gasteiger partial charge in [0.25, 0.3) is 0 Å². The maximum atomic E-state index is 6.12. The van der Waals surface area contributed by atoms with Gasteiger partial charge in [-0.05, 0) is 43.7 Å². The molecule has 19 heavy (non-hydrogen) atoms. The van der Waals surface area contributed by atoms with E-state index in [4.69, 9.17) is 16.3 Å². The highest BCUT2D eigenvalue weighted by Gasteiger charge is 2.51. The van der Waals surface area contributed by atoms with Gasteiger partial charge >= 0.3 is 0 Å². The SMILES string of the molecule is CCCNC1CC(Oc2ccc(Cl)cc2)C1(C)CC. The second-order valence-electron chi connectivity index (χ2n) is 5.66. The van der Waals surface area contributed by atoms with E-state index in [2.05, 4.69) is 26.1 Å². The summed E-state index contributed by atoms with van der Waals surface area (Å²) in [7, 11) is 0. The van der Waals surface area contributed by atoms with Crippen molar-refractivity contribution in [2.75, 3.05) is 6.54 Å². The van der Waals surface area contributed by atoms with Crippen molar-refractivity contribution >= 4 is 11.6 Å². The van der Waals surface area contributed by atoms with Crippen molar-refractivity contribution in [3.05, 3.63) is 29.3 Å². The smallest absolute Gasteiger partial charge is 0.119 e. The molecule has 3 atom stereocenters. The number of hydrogen-bond donors (Lipinski definition) is 1. The van der Waals surface area contributed by atoms with E-state index >= 15 is 0 Å². The van der Waals surface area contributed by atoms with Gasteiger partial charge in [-0.2, -0.15) is 0 Å². The molecule has 1 saturated carbocycles. The van der Waals surface area contributed by atoms with E-state index in [9.17, 15) is 0 Å². The molecule has 0 bridgehead atoms. The fourth-order valence-electron chi connectivity index (χ4n) is 2.79. The normalized spacial score (nSPS) is 29.9. The van der Waals surface area contributed by atoms with Crippen LogP contribution in [0.2, 0.25) is 5.02 Å². The van der Waals surface area contributed by atoms with Gasteiger partial charge in [-0.25, -0.2) is 0 Å². The van der Waals surface area contributed by atoms with Gasteiger partial charge in [0.15, 0.2) is 0 Å². The van der Waals surface area contributed by atoms with Crippen LogP contribution >= 0.6 is 11.6 Å². The molecule has 1 aliphatic carbocycles. The van der Waals surface area contributed by atoms with Gasteiger partial charge in [-0.3, -0.25) is 0 Å². The van der Waals surface area contributed by atoms with Crippen LogP contribution in [0.4, 0.5) is 0 Å². The first-order chi connectivity index (χ1) is 9.10. The van der Waals surface area contributed by atoms with Crippen molar-refractivity contribution in [1.82, 2.24) is 5.32 Å². The molecule has 3 unspecified atom stereocenters. The van der Waals surface area contributed by atoms with Crippen LogP contribution in [0.5, 0.6) is 5.75 Å². The number of halogens is 1. The molecule has 0 aliphatic heterocycles. The highest BCUT2D eigenvalue weighted by Crippen LogP contribution is 2.46. The molecule has 1 fully saturated rings. The van der Waals surface area contributed by atoms with Crippen molar-refractivity contribution in [2.24, 2.45) is 5.41 Å². The lowest BCUT2D eigenvalue weighted by Crippen LogP contribution is -2.63. The summed E-state index contributed by atoms with van der Waals surface area (Å²) in [6.45, 7) is 7.87. The average Bonchev–Trinajstić information content (AvgIpc) is 2.43. The Bertz CT molecular complexity index is 406. The molecule has 2 nitrogen and oxygen atoms in total. The summed E-state index contributed by atoms with van der Waals surface area (Å²) in [5.74, 6) is 0.919. The summed E-state index contributed by atoms with van der Waals surface area (Å²) in [5, 5.41) is 4.39. The Labute approximate surface area is 121 Å². The van der Waals surface area contributed by atoms with Crippen molar-refractivity contribution in [3.8, 4) is 5.75 Å². The van der Waals surface area contributed by atoms with Crippen molar-refractivity contribution in [3.63, 3.8) is 0 Å². The number of rotatable bonds is 6. The maximum Gasteiger partial charge on any atom is 0.119 e. The molecule has 0 spiro atoms. The lowest BCUT2D eigenvalue weighted by atomic mass is 9.61. The van der Waals surface area contributed by atoms with Gasteiger partial charge in [0.2, 0.25) is 0 Å². The number of hydrogen-bond acceptors (Lipinski definition) is 2. The molecule has 106 valence electrons. The summed E-state index contributed by atoms with van der Waals surface area (Å²) in [6.07, 6.45) is 3.70. The quantitative estimate of drug-likeness (QED) is 0.840. The molecule has 0 amide bonds. The molecule has 3 heteroatoms. The largest absolute Gasteiger partial charge is 0.490 e. The standard InChI is InChI=1S/C16H24ClNO/c1-4-10-18-14-11-15(16(14,3)5-2)19-13-8-6-12(17)7-9-13/h6-9,14-15,18H,4-5,10-11H2,1-3H3. The molecule has 1 aromatic rings. The van der Waals surface area contributed by atoms with Gasteiger partial charge in [-0.1, -0.05) is 32.4 Å². The molecule has 0 heterocycles. The van der Waals surface area contributed by atoms with Gasteiger partial charge in [-0.15, -0.1) is 0 Å². The monoisotopic (exact) mass is 281 g/mol. The maximum absolute atomic E-state index is 6.12. The molecule has 0 radical (unpaired) electrons. The summed E-state index contributed by atoms with van der Waals surface area (Å²) in [5.41, 5.74) is 0.231.